The first-order valence-corrected chi connectivity index (χ1v) is 9.26. The molecule has 0 aliphatic carbocycles. The minimum absolute atomic E-state index is 0.00451. The van der Waals surface area contributed by atoms with Gasteiger partial charge in [0.2, 0.25) is 10.0 Å². The van der Waals surface area contributed by atoms with E-state index in [2.05, 4.69) is 4.72 Å². The van der Waals surface area contributed by atoms with Crippen molar-refractivity contribution in [1.29, 1.82) is 0 Å². The summed E-state index contributed by atoms with van der Waals surface area (Å²) in [7, 11) is -3.97. The molecule has 9 heteroatoms. The Hall–Kier alpha value is -2.26. The van der Waals surface area contributed by atoms with Gasteiger partial charge in [-0.1, -0.05) is 31.5 Å². The molecule has 1 aromatic carbocycles. The summed E-state index contributed by atoms with van der Waals surface area (Å²) in [5.74, 6) is -2.71. The van der Waals surface area contributed by atoms with Gasteiger partial charge in [0, 0.05) is 12.8 Å². The lowest BCUT2D eigenvalue weighted by Crippen LogP contribution is -2.48. The monoisotopic (exact) mass is 368 g/mol. The second-order valence-corrected chi connectivity index (χ2v) is 7.86. The zero-order valence-corrected chi connectivity index (χ0v) is 15.0. The Bertz CT molecular complexity index is 769. The molecule has 1 aliphatic rings. The molecule has 0 aromatic heterocycles. The van der Waals surface area contributed by atoms with Crippen LogP contribution in [0.3, 0.4) is 0 Å². The number of hydroxylamine groups is 2. The van der Waals surface area contributed by atoms with Crippen LogP contribution in [0, 0.1) is 12.8 Å². The van der Waals surface area contributed by atoms with Crippen LogP contribution in [-0.2, 0) is 29.2 Å². The standard InChI is InChI=1S/C16H20N2O6S/c1-10(2)15(16(21)24-18-13(19)8-9-14(18)20)17-25(22,23)12-6-4-11(3)5-7-12/h4-7,10,15,17H,8-9H2,1-3H3. The van der Waals surface area contributed by atoms with Gasteiger partial charge in [0.25, 0.3) is 11.8 Å². The fraction of sp³-hybridized carbons (Fsp3) is 0.438. The molecule has 1 saturated heterocycles. The zero-order chi connectivity index (χ0) is 18.8. The van der Waals surface area contributed by atoms with Gasteiger partial charge in [-0.3, -0.25) is 9.59 Å². The summed E-state index contributed by atoms with van der Waals surface area (Å²) in [6.45, 7) is 5.07. The van der Waals surface area contributed by atoms with E-state index >= 15 is 0 Å². The first kappa shape index (κ1) is 19.1. The number of imide groups is 1. The van der Waals surface area contributed by atoms with Gasteiger partial charge in [-0.05, 0) is 25.0 Å². The van der Waals surface area contributed by atoms with E-state index in [9.17, 15) is 22.8 Å². The summed E-state index contributed by atoms with van der Waals surface area (Å²) >= 11 is 0. The average molecular weight is 368 g/mol. The minimum Gasteiger partial charge on any atom is -0.329 e. The summed E-state index contributed by atoms with van der Waals surface area (Å²) < 4.78 is 27.2. The van der Waals surface area contributed by atoms with E-state index in [0.29, 0.717) is 5.06 Å². The molecule has 136 valence electrons. The topological polar surface area (TPSA) is 110 Å². The van der Waals surface area contributed by atoms with Crippen molar-refractivity contribution >= 4 is 27.8 Å². The van der Waals surface area contributed by atoms with Gasteiger partial charge in [0.15, 0.2) is 0 Å². The van der Waals surface area contributed by atoms with E-state index in [4.69, 9.17) is 4.84 Å². The van der Waals surface area contributed by atoms with E-state index in [1.54, 1.807) is 26.0 Å². The van der Waals surface area contributed by atoms with Crippen LogP contribution in [0.2, 0.25) is 0 Å². The average Bonchev–Trinajstić information content (AvgIpc) is 2.84. The third kappa shape index (κ3) is 4.43. The predicted octanol–water partition coefficient (Wildman–Crippen LogP) is 0.905. The Kier molecular flexibility index (Phi) is 5.58. The molecular formula is C16H20N2O6S. The van der Waals surface area contributed by atoms with Gasteiger partial charge in [-0.25, -0.2) is 13.2 Å². The van der Waals surface area contributed by atoms with Crippen molar-refractivity contribution in [2.45, 2.75) is 44.6 Å². The van der Waals surface area contributed by atoms with Crippen molar-refractivity contribution in [2.24, 2.45) is 5.92 Å². The second kappa shape index (κ2) is 7.32. The van der Waals surface area contributed by atoms with Crippen molar-refractivity contribution < 1.29 is 27.6 Å². The minimum atomic E-state index is -3.97. The van der Waals surface area contributed by atoms with E-state index < -0.39 is 39.8 Å². The molecule has 2 amide bonds. The molecule has 1 heterocycles. The maximum absolute atomic E-state index is 12.5. The number of sulfonamides is 1. The summed E-state index contributed by atoms with van der Waals surface area (Å²) in [4.78, 5) is 40.2. The number of nitrogens with one attached hydrogen (secondary N) is 1. The Balaban J connectivity index is 2.17. The normalized spacial score (nSPS) is 16.4. The van der Waals surface area contributed by atoms with Crippen molar-refractivity contribution in [3.8, 4) is 0 Å². The van der Waals surface area contributed by atoms with E-state index in [0.717, 1.165) is 5.56 Å². The molecule has 0 saturated carbocycles. The Morgan fingerprint density at radius 1 is 1.12 bits per heavy atom. The lowest BCUT2D eigenvalue weighted by molar-refractivity contribution is -0.199. The van der Waals surface area contributed by atoms with Crippen LogP contribution in [0.4, 0.5) is 0 Å². The molecule has 1 aliphatic heterocycles. The molecule has 0 radical (unpaired) electrons. The van der Waals surface area contributed by atoms with Crippen molar-refractivity contribution in [3.63, 3.8) is 0 Å². The van der Waals surface area contributed by atoms with Crippen LogP contribution in [0.15, 0.2) is 29.2 Å². The molecule has 8 nitrogen and oxygen atoms in total. The molecule has 1 unspecified atom stereocenters. The van der Waals surface area contributed by atoms with Crippen LogP contribution in [0.25, 0.3) is 0 Å². The number of nitrogens with zero attached hydrogens (tertiary/aromatic N) is 1. The lowest BCUT2D eigenvalue weighted by atomic mass is 10.1. The summed E-state index contributed by atoms with van der Waals surface area (Å²) in [5.41, 5.74) is 0.893. The van der Waals surface area contributed by atoms with Crippen LogP contribution in [-0.4, -0.2) is 37.3 Å². The summed E-state index contributed by atoms with van der Waals surface area (Å²) in [5, 5.41) is 0.401. The van der Waals surface area contributed by atoms with Gasteiger partial charge < -0.3 is 4.84 Å². The lowest BCUT2D eigenvalue weighted by Gasteiger charge is -2.22. The highest BCUT2D eigenvalue weighted by atomic mass is 32.2. The number of benzene rings is 1. The first-order valence-electron chi connectivity index (χ1n) is 7.78. The van der Waals surface area contributed by atoms with E-state index in [1.807, 2.05) is 6.92 Å². The van der Waals surface area contributed by atoms with Crippen LogP contribution < -0.4 is 4.72 Å². The van der Waals surface area contributed by atoms with E-state index in [-0.39, 0.29) is 17.7 Å². The zero-order valence-electron chi connectivity index (χ0n) is 14.2. The molecular weight excluding hydrogens is 348 g/mol. The molecule has 25 heavy (non-hydrogen) atoms. The fourth-order valence-electron chi connectivity index (χ4n) is 2.21. The molecule has 1 aromatic rings. The number of hydrogen-bond acceptors (Lipinski definition) is 6. The van der Waals surface area contributed by atoms with E-state index in [1.165, 1.54) is 12.1 Å². The maximum Gasteiger partial charge on any atom is 0.351 e. The number of aryl methyl sites for hydroxylation is 1. The number of hydrogen-bond donors (Lipinski definition) is 1. The van der Waals surface area contributed by atoms with Gasteiger partial charge in [0.1, 0.15) is 6.04 Å². The highest BCUT2D eigenvalue weighted by Gasteiger charge is 2.37. The number of rotatable bonds is 6. The number of amides is 2. The van der Waals surface area contributed by atoms with Crippen molar-refractivity contribution in [1.82, 2.24) is 9.79 Å². The highest BCUT2D eigenvalue weighted by molar-refractivity contribution is 7.89. The highest BCUT2D eigenvalue weighted by Crippen LogP contribution is 2.17. The molecule has 0 spiro atoms. The van der Waals surface area contributed by atoms with Crippen LogP contribution in [0.5, 0.6) is 0 Å². The third-order valence-electron chi connectivity index (χ3n) is 3.72. The molecule has 1 atom stereocenters. The van der Waals surface area contributed by atoms with Crippen LogP contribution in [0.1, 0.15) is 32.3 Å². The molecule has 2 rings (SSSR count). The number of carbonyl (C=O) groups is 3. The second-order valence-electron chi connectivity index (χ2n) is 6.15. The largest absolute Gasteiger partial charge is 0.351 e. The predicted molar refractivity (Wildman–Crippen MR) is 87.3 cm³/mol. The molecule has 1 N–H and O–H groups in total. The van der Waals surface area contributed by atoms with Gasteiger partial charge in [-0.2, -0.15) is 4.72 Å². The van der Waals surface area contributed by atoms with Gasteiger partial charge in [-0.15, -0.1) is 5.06 Å². The summed E-state index contributed by atoms with van der Waals surface area (Å²) in [6, 6.07) is 4.88. The summed E-state index contributed by atoms with van der Waals surface area (Å²) in [6.07, 6.45) is -0.0683. The molecule has 1 fully saturated rings. The number of carbonyl (C=O) groups excluding carboxylic acids is 3. The third-order valence-corrected chi connectivity index (χ3v) is 5.18. The van der Waals surface area contributed by atoms with Crippen molar-refractivity contribution in [3.05, 3.63) is 29.8 Å². The molecule has 0 bridgehead atoms. The quantitative estimate of drug-likeness (QED) is 0.747. The van der Waals surface area contributed by atoms with Gasteiger partial charge in [0.05, 0.1) is 4.90 Å². The Morgan fingerprint density at radius 3 is 2.12 bits per heavy atom. The Morgan fingerprint density at radius 2 is 1.64 bits per heavy atom. The smallest absolute Gasteiger partial charge is 0.329 e. The Labute approximate surface area is 146 Å². The fourth-order valence-corrected chi connectivity index (χ4v) is 3.55. The van der Waals surface area contributed by atoms with Crippen LogP contribution >= 0.6 is 0 Å². The van der Waals surface area contributed by atoms with Gasteiger partial charge >= 0.3 is 5.97 Å². The SMILES string of the molecule is Cc1ccc(S(=O)(=O)NC(C(=O)ON2C(=O)CCC2=O)C(C)C)cc1. The maximum atomic E-state index is 12.5. The van der Waals surface area contributed by atoms with Crippen molar-refractivity contribution in [2.75, 3.05) is 0 Å². The first-order chi connectivity index (χ1) is 11.6.